The molecule has 3 rings (SSSR count). The Kier molecular flexibility index (Phi) is 6.97. The summed E-state index contributed by atoms with van der Waals surface area (Å²) in [5.74, 6) is 1.79. The van der Waals surface area contributed by atoms with Crippen molar-refractivity contribution in [3.8, 4) is 5.75 Å². The fourth-order valence-corrected chi connectivity index (χ4v) is 5.67. The summed E-state index contributed by atoms with van der Waals surface area (Å²) < 4.78 is 35.2. The van der Waals surface area contributed by atoms with E-state index < -0.39 is 14.6 Å². The molecule has 2 saturated heterocycles. The van der Waals surface area contributed by atoms with Gasteiger partial charge >= 0.3 is 0 Å². The number of nitrogens with zero attached hydrogens (tertiary/aromatic N) is 2. The van der Waals surface area contributed by atoms with Crippen molar-refractivity contribution in [1.82, 2.24) is 10.2 Å². The van der Waals surface area contributed by atoms with Gasteiger partial charge in [-0.05, 0) is 51.3 Å². The first kappa shape index (κ1) is 22.9. The number of guanidine groups is 1. The second kappa shape index (κ2) is 9.14. The lowest BCUT2D eigenvalue weighted by Gasteiger charge is -2.42. The number of sulfone groups is 1. The Hall–Kier alpha value is -1.80. The minimum absolute atomic E-state index is 0.0592. The van der Waals surface area contributed by atoms with Gasteiger partial charge in [-0.25, -0.2) is 8.42 Å². The minimum atomic E-state index is -3.09. The Morgan fingerprint density at radius 2 is 1.90 bits per heavy atom. The van der Waals surface area contributed by atoms with Crippen LogP contribution in [0.2, 0.25) is 0 Å². The van der Waals surface area contributed by atoms with Gasteiger partial charge in [0.05, 0.1) is 17.1 Å². The molecule has 2 aliphatic rings. The molecule has 168 valence electrons. The van der Waals surface area contributed by atoms with Crippen molar-refractivity contribution in [2.45, 2.75) is 43.8 Å². The molecule has 2 heterocycles. The number of rotatable bonds is 5. The zero-order valence-corrected chi connectivity index (χ0v) is 19.4. The lowest BCUT2D eigenvalue weighted by molar-refractivity contribution is 0.0511. The third-order valence-corrected chi connectivity index (χ3v) is 8.90. The minimum Gasteiger partial charge on any atom is -0.494 e. The van der Waals surface area contributed by atoms with Crippen molar-refractivity contribution < 1.29 is 17.9 Å². The van der Waals surface area contributed by atoms with Crippen LogP contribution in [-0.2, 0) is 20.0 Å². The molecule has 0 aliphatic carbocycles. The fourth-order valence-electron chi connectivity index (χ4n) is 4.31. The van der Waals surface area contributed by atoms with Crippen LogP contribution in [-0.4, -0.2) is 76.3 Å². The van der Waals surface area contributed by atoms with Gasteiger partial charge in [0.2, 0.25) is 0 Å². The van der Waals surface area contributed by atoms with E-state index in [2.05, 4.69) is 27.3 Å². The zero-order valence-electron chi connectivity index (χ0n) is 18.6. The molecule has 0 radical (unpaired) electrons. The van der Waals surface area contributed by atoms with Gasteiger partial charge in [0.25, 0.3) is 0 Å². The lowest BCUT2D eigenvalue weighted by atomic mass is 9.74. The highest BCUT2D eigenvalue weighted by molar-refractivity contribution is 7.92. The van der Waals surface area contributed by atoms with Crippen LogP contribution in [0.1, 0.15) is 39.2 Å². The summed E-state index contributed by atoms with van der Waals surface area (Å²) in [5.41, 5.74) is 1.20. The monoisotopic (exact) mass is 437 g/mol. The van der Waals surface area contributed by atoms with E-state index in [0.717, 1.165) is 44.3 Å². The summed E-state index contributed by atoms with van der Waals surface area (Å²) in [5, 5.41) is 3.55. The molecule has 1 aromatic rings. The average Bonchev–Trinajstić information content (AvgIpc) is 2.72. The molecule has 1 N–H and O–H groups in total. The van der Waals surface area contributed by atoms with Gasteiger partial charge in [-0.15, -0.1) is 0 Å². The molecular weight excluding hydrogens is 402 g/mol. The van der Waals surface area contributed by atoms with Gasteiger partial charge in [0, 0.05) is 45.3 Å². The summed E-state index contributed by atoms with van der Waals surface area (Å²) in [6, 6.07) is 8.36. The molecule has 0 amide bonds. The van der Waals surface area contributed by atoms with Crippen molar-refractivity contribution in [2.24, 2.45) is 4.99 Å². The van der Waals surface area contributed by atoms with Crippen LogP contribution in [0.4, 0.5) is 0 Å². The maximum Gasteiger partial charge on any atom is 0.193 e. The fraction of sp³-hybridized carbons (Fsp3) is 0.682. The summed E-state index contributed by atoms with van der Waals surface area (Å²) in [4.78, 5) is 6.52. The molecule has 0 unspecified atom stereocenters. The van der Waals surface area contributed by atoms with Crippen LogP contribution in [0.25, 0.3) is 0 Å². The Balaban J connectivity index is 1.75. The van der Waals surface area contributed by atoms with Crippen LogP contribution in [0.15, 0.2) is 29.3 Å². The van der Waals surface area contributed by atoms with Crippen LogP contribution in [0.5, 0.6) is 5.75 Å². The van der Waals surface area contributed by atoms with Crippen LogP contribution < -0.4 is 10.1 Å². The second-order valence-corrected chi connectivity index (χ2v) is 11.5. The average molecular weight is 438 g/mol. The van der Waals surface area contributed by atoms with E-state index in [4.69, 9.17) is 9.47 Å². The van der Waals surface area contributed by atoms with Crippen LogP contribution in [0, 0.1) is 0 Å². The third-order valence-electron chi connectivity index (χ3n) is 6.37. The number of hydrogen-bond acceptors (Lipinski definition) is 5. The number of benzene rings is 1. The molecule has 1 aromatic carbocycles. The van der Waals surface area contributed by atoms with E-state index in [0.29, 0.717) is 19.7 Å². The molecule has 30 heavy (non-hydrogen) atoms. The zero-order chi connectivity index (χ0) is 21.8. The van der Waals surface area contributed by atoms with E-state index in [-0.39, 0.29) is 11.2 Å². The summed E-state index contributed by atoms with van der Waals surface area (Å²) in [7, 11) is -1.33. The SMILES string of the molecule is CCOc1ccc(C2(CNC(=NC)N3CCS(=O)(=O)C(C)(C)C3)CCOCC2)cc1. The van der Waals surface area contributed by atoms with E-state index in [1.165, 1.54) is 5.56 Å². The highest BCUT2D eigenvalue weighted by Gasteiger charge is 2.41. The highest BCUT2D eigenvalue weighted by Crippen LogP contribution is 2.35. The summed E-state index contributed by atoms with van der Waals surface area (Å²) in [6.45, 7) is 9.29. The standard InChI is InChI=1S/C22H35N3O4S/c1-5-29-19-8-6-18(7-9-19)22(10-13-28-14-11-22)16-24-20(23-4)25-12-15-30(26,27)21(2,3)17-25/h6-9H,5,10-17H2,1-4H3,(H,23,24). The largest absolute Gasteiger partial charge is 0.494 e. The van der Waals surface area contributed by atoms with Crippen LogP contribution >= 0.6 is 0 Å². The van der Waals surface area contributed by atoms with Gasteiger partial charge in [-0.2, -0.15) is 0 Å². The van der Waals surface area contributed by atoms with Gasteiger partial charge in [0.1, 0.15) is 5.75 Å². The topological polar surface area (TPSA) is 80.2 Å². The van der Waals surface area contributed by atoms with Crippen molar-refractivity contribution in [3.05, 3.63) is 29.8 Å². The van der Waals surface area contributed by atoms with E-state index in [1.807, 2.05) is 19.1 Å². The van der Waals surface area contributed by atoms with Crippen molar-refractivity contribution >= 4 is 15.8 Å². The Bertz CT molecular complexity index is 844. The molecule has 0 aromatic heterocycles. The Morgan fingerprint density at radius 1 is 1.23 bits per heavy atom. The maximum absolute atomic E-state index is 12.4. The molecule has 0 spiro atoms. The number of aliphatic imine (C=N–C) groups is 1. The first-order valence-electron chi connectivity index (χ1n) is 10.7. The molecule has 2 aliphatic heterocycles. The number of hydrogen-bond donors (Lipinski definition) is 1. The highest BCUT2D eigenvalue weighted by atomic mass is 32.2. The van der Waals surface area contributed by atoms with Crippen molar-refractivity contribution in [1.29, 1.82) is 0 Å². The van der Waals surface area contributed by atoms with E-state index >= 15 is 0 Å². The normalized spacial score (nSPS) is 23.1. The predicted octanol–water partition coefficient (Wildman–Crippen LogP) is 2.22. The number of nitrogens with one attached hydrogen (secondary N) is 1. The third kappa shape index (κ3) is 4.75. The quantitative estimate of drug-likeness (QED) is 0.562. The Morgan fingerprint density at radius 3 is 2.47 bits per heavy atom. The smallest absolute Gasteiger partial charge is 0.193 e. The van der Waals surface area contributed by atoms with E-state index in [9.17, 15) is 8.42 Å². The molecule has 0 bridgehead atoms. The molecule has 2 fully saturated rings. The van der Waals surface area contributed by atoms with Crippen molar-refractivity contribution in [3.63, 3.8) is 0 Å². The number of ether oxygens (including phenoxy) is 2. The van der Waals surface area contributed by atoms with Gasteiger partial charge in [-0.3, -0.25) is 4.99 Å². The molecule has 7 nitrogen and oxygen atoms in total. The Labute approximate surface area is 180 Å². The van der Waals surface area contributed by atoms with Crippen LogP contribution in [0.3, 0.4) is 0 Å². The summed E-state index contributed by atoms with van der Waals surface area (Å²) in [6.07, 6.45) is 1.84. The lowest BCUT2D eigenvalue weighted by Crippen LogP contribution is -2.58. The second-order valence-electron chi connectivity index (χ2n) is 8.75. The predicted molar refractivity (Wildman–Crippen MR) is 120 cm³/mol. The van der Waals surface area contributed by atoms with Gasteiger partial charge in [-0.1, -0.05) is 12.1 Å². The first-order chi connectivity index (χ1) is 14.2. The molecule has 0 atom stereocenters. The van der Waals surface area contributed by atoms with Crippen molar-refractivity contribution in [2.75, 3.05) is 52.3 Å². The first-order valence-corrected chi connectivity index (χ1v) is 12.4. The van der Waals surface area contributed by atoms with Gasteiger partial charge in [0.15, 0.2) is 15.8 Å². The maximum atomic E-state index is 12.4. The summed E-state index contributed by atoms with van der Waals surface area (Å²) >= 11 is 0. The van der Waals surface area contributed by atoms with E-state index in [1.54, 1.807) is 20.9 Å². The molecule has 8 heteroatoms. The van der Waals surface area contributed by atoms with Gasteiger partial charge < -0.3 is 19.7 Å². The molecular formula is C22H35N3O4S. The molecule has 0 saturated carbocycles.